The first-order valence-electron chi connectivity index (χ1n) is 8.85. The molecule has 0 atom stereocenters. The molecule has 8 heteroatoms. The molecule has 3 rings (SSSR count). The number of thiocarbonyl (C=S) groups is 1. The Hall–Kier alpha value is -1.51. The number of halogens is 1. The Balaban J connectivity index is 2.06. The molecule has 1 aliphatic carbocycles. The van der Waals surface area contributed by atoms with Crippen LogP contribution in [0.15, 0.2) is 26.8 Å². The molecule has 140 valence electrons. The summed E-state index contributed by atoms with van der Waals surface area (Å²) in [5.41, 5.74) is 7.87. The molecule has 1 aliphatic rings. The number of hydrogen-bond acceptors (Lipinski definition) is 4. The highest BCUT2D eigenvalue weighted by Gasteiger charge is 2.26. The summed E-state index contributed by atoms with van der Waals surface area (Å²) in [6, 6.07) is 4.01. The van der Waals surface area contributed by atoms with Crippen LogP contribution in [0, 0.1) is 12.8 Å². The molecule has 1 heterocycles. The second kappa shape index (κ2) is 8.02. The summed E-state index contributed by atoms with van der Waals surface area (Å²) >= 11 is 8.34. The van der Waals surface area contributed by atoms with Crippen LogP contribution in [-0.2, 0) is 6.67 Å². The second-order valence-corrected chi connectivity index (χ2v) is 8.19. The molecule has 26 heavy (non-hydrogen) atoms. The maximum Gasteiger partial charge on any atom is 0.221 e. The van der Waals surface area contributed by atoms with Crippen molar-refractivity contribution < 1.29 is 5.11 Å². The van der Waals surface area contributed by atoms with Gasteiger partial charge in [0.15, 0.2) is 5.69 Å². The number of aromatic hydroxyl groups is 1. The van der Waals surface area contributed by atoms with E-state index in [-0.39, 0.29) is 11.0 Å². The lowest BCUT2D eigenvalue weighted by Gasteiger charge is -2.23. The fourth-order valence-electron chi connectivity index (χ4n) is 3.18. The highest BCUT2D eigenvalue weighted by Crippen LogP contribution is 2.41. The predicted molar refractivity (Wildman–Crippen MR) is 112 cm³/mol. The van der Waals surface area contributed by atoms with Gasteiger partial charge in [0.2, 0.25) is 11.0 Å². The van der Waals surface area contributed by atoms with Crippen molar-refractivity contribution in [1.29, 1.82) is 0 Å². The van der Waals surface area contributed by atoms with Gasteiger partial charge in [0, 0.05) is 16.4 Å². The van der Waals surface area contributed by atoms with Gasteiger partial charge < -0.3 is 10.8 Å². The van der Waals surface area contributed by atoms with Crippen LogP contribution in [-0.4, -0.2) is 32.8 Å². The average Bonchev–Trinajstić information content (AvgIpc) is 3.35. The van der Waals surface area contributed by atoms with Gasteiger partial charge >= 0.3 is 0 Å². The Labute approximate surface area is 167 Å². The van der Waals surface area contributed by atoms with Crippen LogP contribution in [0.4, 0.5) is 5.69 Å². The van der Waals surface area contributed by atoms with E-state index in [0.29, 0.717) is 12.4 Å². The predicted octanol–water partition coefficient (Wildman–Crippen LogP) is 4.82. The lowest BCUT2D eigenvalue weighted by molar-refractivity contribution is 0.203. The van der Waals surface area contributed by atoms with Gasteiger partial charge in [-0.3, -0.25) is 9.47 Å². The number of hydrogen-bond donors (Lipinski definition) is 2. The normalized spacial score (nSPS) is 14.8. The number of azo groups is 1. The Morgan fingerprint density at radius 2 is 2.19 bits per heavy atom. The molecular weight excluding hydrogens is 414 g/mol. The van der Waals surface area contributed by atoms with E-state index >= 15 is 0 Å². The highest BCUT2D eigenvalue weighted by atomic mass is 79.9. The van der Waals surface area contributed by atoms with E-state index in [1.54, 1.807) is 0 Å². The van der Waals surface area contributed by atoms with Crippen molar-refractivity contribution in [3.63, 3.8) is 0 Å². The molecule has 0 unspecified atom stereocenters. The minimum absolute atomic E-state index is 0.0576. The summed E-state index contributed by atoms with van der Waals surface area (Å²) < 4.78 is 2.86. The summed E-state index contributed by atoms with van der Waals surface area (Å²) in [6.07, 6.45) is 3.68. The Morgan fingerprint density at radius 3 is 2.81 bits per heavy atom. The number of nitrogens with two attached hydrogens (primary N) is 1. The van der Waals surface area contributed by atoms with Crippen molar-refractivity contribution in [2.75, 3.05) is 13.1 Å². The zero-order valence-electron chi connectivity index (χ0n) is 15.1. The first-order chi connectivity index (χ1) is 12.4. The van der Waals surface area contributed by atoms with Gasteiger partial charge in [-0.25, -0.2) is 0 Å². The van der Waals surface area contributed by atoms with Gasteiger partial charge in [0.25, 0.3) is 0 Å². The lowest BCUT2D eigenvalue weighted by Crippen LogP contribution is -2.29. The van der Waals surface area contributed by atoms with E-state index in [1.165, 1.54) is 12.8 Å². The number of aryl methyl sites for hydroxylation is 1. The maximum atomic E-state index is 10.9. The second-order valence-electron chi connectivity index (χ2n) is 6.92. The molecular formula is C18H24BrN5OS. The molecule has 6 nitrogen and oxygen atoms in total. The van der Waals surface area contributed by atoms with Gasteiger partial charge in [-0.1, -0.05) is 22.9 Å². The smallest absolute Gasteiger partial charge is 0.221 e. The number of nitrogens with zero attached hydrogens (tertiary/aromatic N) is 4. The number of rotatable bonds is 7. The highest BCUT2D eigenvalue weighted by molar-refractivity contribution is 9.10. The first kappa shape index (κ1) is 19.3. The zero-order valence-corrected chi connectivity index (χ0v) is 17.5. The van der Waals surface area contributed by atoms with E-state index in [2.05, 4.69) is 44.0 Å². The number of aromatic nitrogens is 1. The molecule has 0 saturated heterocycles. The fourth-order valence-corrected chi connectivity index (χ4v) is 3.57. The topological polar surface area (TPSA) is 79.1 Å². The number of benzene rings is 1. The van der Waals surface area contributed by atoms with Crippen molar-refractivity contribution in [2.45, 2.75) is 39.8 Å². The molecule has 0 amide bonds. The third-order valence-electron chi connectivity index (χ3n) is 4.63. The van der Waals surface area contributed by atoms with Crippen LogP contribution in [0.5, 0.6) is 5.88 Å². The van der Waals surface area contributed by atoms with Crippen molar-refractivity contribution in [2.24, 2.45) is 21.9 Å². The third kappa shape index (κ3) is 4.24. The van der Waals surface area contributed by atoms with Gasteiger partial charge in [-0.2, -0.15) is 0 Å². The monoisotopic (exact) mass is 437 g/mol. The fraction of sp³-hybridized carbons (Fsp3) is 0.500. The SMILES string of the molecule is CCCN(CC1CC1)Cn1c(O)c(N=NC(N)=S)c2cc(Br)c(C)cc21. The summed E-state index contributed by atoms with van der Waals surface area (Å²) in [5.74, 6) is 0.879. The Bertz CT molecular complexity index is 859. The zero-order chi connectivity index (χ0) is 18.8. The molecule has 2 aromatic rings. The van der Waals surface area contributed by atoms with Gasteiger partial charge in [-0.05, 0) is 68.6 Å². The molecule has 1 aromatic heterocycles. The minimum Gasteiger partial charge on any atom is -0.493 e. The van der Waals surface area contributed by atoms with E-state index in [4.69, 9.17) is 18.0 Å². The molecule has 1 saturated carbocycles. The van der Waals surface area contributed by atoms with Crippen molar-refractivity contribution in [3.05, 3.63) is 22.2 Å². The quantitative estimate of drug-likeness (QED) is 0.480. The van der Waals surface area contributed by atoms with E-state index in [1.807, 2.05) is 17.6 Å². The molecule has 1 aromatic carbocycles. The standard InChI is InChI=1S/C18H24BrN5OS/c1-3-6-23(9-12-4-5-12)10-24-15-7-11(2)14(19)8-13(15)16(17(24)25)21-22-18(20)26/h7-8,12,25H,3-6,9-10H2,1-2H3,(H2,20,26). The first-order valence-corrected chi connectivity index (χ1v) is 10.1. The van der Waals surface area contributed by atoms with Crippen LogP contribution in [0.1, 0.15) is 31.7 Å². The van der Waals surface area contributed by atoms with E-state index in [9.17, 15) is 5.11 Å². The van der Waals surface area contributed by atoms with Gasteiger partial charge in [-0.15, -0.1) is 10.2 Å². The lowest BCUT2D eigenvalue weighted by atomic mass is 10.2. The molecule has 1 fully saturated rings. The number of fused-ring (bicyclic) bond motifs is 1. The Kier molecular flexibility index (Phi) is 5.94. The van der Waals surface area contributed by atoms with Crippen LogP contribution in [0.3, 0.4) is 0 Å². The largest absolute Gasteiger partial charge is 0.493 e. The minimum atomic E-state index is -0.0576. The van der Waals surface area contributed by atoms with E-state index < -0.39 is 0 Å². The molecule has 0 spiro atoms. The molecule has 0 radical (unpaired) electrons. The maximum absolute atomic E-state index is 10.9. The van der Waals surface area contributed by atoms with Crippen LogP contribution >= 0.6 is 28.1 Å². The average molecular weight is 438 g/mol. The summed E-state index contributed by atoms with van der Waals surface area (Å²) in [6.45, 7) is 6.89. The molecule has 3 N–H and O–H groups in total. The van der Waals surface area contributed by atoms with E-state index in [0.717, 1.165) is 46.4 Å². The van der Waals surface area contributed by atoms with Crippen LogP contribution in [0.2, 0.25) is 0 Å². The van der Waals surface area contributed by atoms with Crippen molar-refractivity contribution in [1.82, 2.24) is 9.47 Å². The molecule has 0 bridgehead atoms. The van der Waals surface area contributed by atoms with Crippen LogP contribution in [0.25, 0.3) is 10.9 Å². The summed E-state index contributed by atoms with van der Waals surface area (Å²) in [5, 5.41) is 19.5. The van der Waals surface area contributed by atoms with Crippen LogP contribution < -0.4 is 5.73 Å². The third-order valence-corrected chi connectivity index (χ3v) is 5.57. The summed E-state index contributed by atoms with van der Waals surface area (Å²) in [7, 11) is 0. The summed E-state index contributed by atoms with van der Waals surface area (Å²) in [4.78, 5) is 2.39. The van der Waals surface area contributed by atoms with Gasteiger partial charge in [0.05, 0.1) is 12.2 Å². The Morgan fingerprint density at radius 1 is 1.46 bits per heavy atom. The van der Waals surface area contributed by atoms with Crippen molar-refractivity contribution in [3.8, 4) is 5.88 Å². The van der Waals surface area contributed by atoms with Crippen molar-refractivity contribution >= 4 is 49.9 Å². The van der Waals surface area contributed by atoms with Gasteiger partial charge in [0.1, 0.15) is 0 Å². The molecule has 0 aliphatic heterocycles.